The molecule has 0 aliphatic carbocycles. The van der Waals surface area contributed by atoms with Gasteiger partial charge in [-0.25, -0.2) is 9.97 Å². The van der Waals surface area contributed by atoms with E-state index in [0.29, 0.717) is 35.8 Å². The van der Waals surface area contributed by atoms with Crippen molar-refractivity contribution in [1.82, 2.24) is 20.2 Å². The molecule has 0 radical (unpaired) electrons. The summed E-state index contributed by atoms with van der Waals surface area (Å²) >= 11 is 0. The lowest BCUT2D eigenvalue weighted by molar-refractivity contribution is 0.310. The van der Waals surface area contributed by atoms with E-state index in [-0.39, 0.29) is 13.2 Å². The lowest BCUT2D eigenvalue weighted by atomic mass is 10.3. The van der Waals surface area contributed by atoms with E-state index in [0.717, 1.165) is 11.4 Å². The van der Waals surface area contributed by atoms with E-state index >= 15 is 0 Å². The van der Waals surface area contributed by atoms with Crippen molar-refractivity contribution >= 4 is 22.7 Å². The molecule has 2 heterocycles. The third-order valence-corrected chi connectivity index (χ3v) is 2.81. The van der Waals surface area contributed by atoms with E-state index in [1.54, 1.807) is 0 Å². The molecule has 108 valence electrons. The Morgan fingerprint density at radius 2 is 1.20 bits per heavy atom. The highest BCUT2D eigenvalue weighted by Gasteiger charge is 2.13. The van der Waals surface area contributed by atoms with Crippen LogP contribution in [0.1, 0.15) is 11.4 Å². The topological polar surface area (TPSA) is 116 Å². The molecule has 0 unspecified atom stereocenters. The van der Waals surface area contributed by atoms with Crippen LogP contribution in [0.2, 0.25) is 0 Å². The van der Waals surface area contributed by atoms with Gasteiger partial charge in [0.1, 0.15) is 11.0 Å². The minimum Gasteiger partial charge on any atom is -0.395 e. The zero-order valence-corrected chi connectivity index (χ0v) is 11.5. The first kappa shape index (κ1) is 14.4. The molecule has 2 aromatic heterocycles. The summed E-state index contributed by atoms with van der Waals surface area (Å²) in [5.41, 5.74) is 2.81. The number of hydrogen-bond acceptors (Lipinski definition) is 8. The number of nitrogens with zero attached hydrogens (tertiary/aromatic N) is 4. The van der Waals surface area contributed by atoms with Crippen LogP contribution in [-0.2, 0) is 0 Å². The van der Waals surface area contributed by atoms with E-state index < -0.39 is 0 Å². The van der Waals surface area contributed by atoms with E-state index in [1.165, 1.54) is 0 Å². The van der Waals surface area contributed by atoms with Gasteiger partial charge in [0.15, 0.2) is 11.6 Å². The first-order valence-electron chi connectivity index (χ1n) is 6.38. The molecular weight excluding hydrogens is 260 g/mol. The molecule has 0 fully saturated rings. The molecule has 8 nitrogen and oxygen atoms in total. The Morgan fingerprint density at radius 1 is 0.800 bits per heavy atom. The standard InChI is InChI=1S/C12H18N6O2/c1-7-8(2)16-10-9(15-7)11(13-3-5-19)17-18-12(10)14-4-6-20/h19-20H,3-6H2,1-2H3,(H,13,17)(H,14,18). The lowest BCUT2D eigenvalue weighted by Crippen LogP contribution is -2.13. The Balaban J connectivity index is 2.52. The van der Waals surface area contributed by atoms with Crippen LogP contribution in [0.5, 0.6) is 0 Å². The fourth-order valence-electron chi connectivity index (χ4n) is 1.71. The quantitative estimate of drug-likeness (QED) is 0.576. The number of anilines is 2. The third kappa shape index (κ3) is 2.91. The van der Waals surface area contributed by atoms with Gasteiger partial charge in [0.25, 0.3) is 0 Å². The SMILES string of the molecule is Cc1nc2c(NCCO)nnc(NCCO)c2nc1C. The summed E-state index contributed by atoms with van der Waals surface area (Å²) in [5.74, 6) is 0.971. The maximum absolute atomic E-state index is 8.88. The van der Waals surface area contributed by atoms with Gasteiger partial charge < -0.3 is 20.8 Å². The van der Waals surface area contributed by atoms with E-state index in [2.05, 4.69) is 30.8 Å². The minimum absolute atomic E-state index is 0.00798. The van der Waals surface area contributed by atoms with Crippen LogP contribution in [0.15, 0.2) is 0 Å². The Labute approximate surface area is 116 Å². The lowest BCUT2D eigenvalue weighted by Gasteiger charge is -2.11. The average molecular weight is 278 g/mol. The van der Waals surface area contributed by atoms with Crippen LogP contribution in [0.25, 0.3) is 11.0 Å². The van der Waals surface area contributed by atoms with Crippen LogP contribution in [0.4, 0.5) is 11.6 Å². The largest absolute Gasteiger partial charge is 0.395 e. The third-order valence-electron chi connectivity index (χ3n) is 2.81. The average Bonchev–Trinajstić information content (AvgIpc) is 2.45. The molecule has 2 rings (SSSR count). The van der Waals surface area contributed by atoms with Gasteiger partial charge in [0, 0.05) is 13.1 Å². The normalized spacial score (nSPS) is 10.8. The summed E-state index contributed by atoms with van der Waals surface area (Å²) in [6, 6.07) is 0. The minimum atomic E-state index is -0.00798. The number of hydrogen-bond donors (Lipinski definition) is 4. The van der Waals surface area contributed by atoms with Gasteiger partial charge in [-0.3, -0.25) is 0 Å². The Kier molecular flexibility index (Phi) is 4.59. The summed E-state index contributed by atoms with van der Waals surface area (Å²) in [7, 11) is 0. The van der Waals surface area contributed by atoms with Crippen molar-refractivity contribution in [3.8, 4) is 0 Å². The van der Waals surface area contributed by atoms with Gasteiger partial charge in [-0.1, -0.05) is 0 Å². The second-order valence-corrected chi connectivity index (χ2v) is 4.29. The smallest absolute Gasteiger partial charge is 0.177 e. The van der Waals surface area contributed by atoms with Crippen molar-refractivity contribution in [3.05, 3.63) is 11.4 Å². The second-order valence-electron chi connectivity index (χ2n) is 4.29. The maximum Gasteiger partial charge on any atom is 0.177 e. The predicted octanol–water partition coefficient (Wildman–Crippen LogP) is -0.155. The zero-order chi connectivity index (χ0) is 14.5. The molecule has 0 saturated heterocycles. The summed E-state index contributed by atoms with van der Waals surface area (Å²) in [5, 5.41) is 31.8. The van der Waals surface area contributed by atoms with Crippen molar-refractivity contribution < 1.29 is 10.2 Å². The van der Waals surface area contributed by atoms with Crippen molar-refractivity contribution in [1.29, 1.82) is 0 Å². The second kappa shape index (κ2) is 6.40. The zero-order valence-electron chi connectivity index (χ0n) is 11.5. The number of fused-ring (bicyclic) bond motifs is 1. The number of aryl methyl sites for hydroxylation is 2. The monoisotopic (exact) mass is 278 g/mol. The highest BCUT2D eigenvalue weighted by molar-refractivity contribution is 5.92. The Bertz CT molecular complexity index is 552. The van der Waals surface area contributed by atoms with Crippen LogP contribution in [-0.4, -0.2) is 56.7 Å². The van der Waals surface area contributed by atoms with Gasteiger partial charge >= 0.3 is 0 Å². The molecule has 0 bridgehead atoms. The molecule has 8 heteroatoms. The number of aromatic nitrogens is 4. The van der Waals surface area contributed by atoms with Crippen LogP contribution >= 0.6 is 0 Å². The Morgan fingerprint density at radius 3 is 1.55 bits per heavy atom. The van der Waals surface area contributed by atoms with Gasteiger partial charge in [-0.05, 0) is 13.8 Å². The maximum atomic E-state index is 8.88. The molecule has 0 saturated carbocycles. The van der Waals surface area contributed by atoms with E-state index in [1.807, 2.05) is 13.8 Å². The van der Waals surface area contributed by atoms with Gasteiger partial charge in [-0.15, -0.1) is 10.2 Å². The summed E-state index contributed by atoms with van der Waals surface area (Å²) < 4.78 is 0. The molecule has 0 aliphatic rings. The van der Waals surface area contributed by atoms with Crippen LogP contribution in [0.3, 0.4) is 0 Å². The fourth-order valence-corrected chi connectivity index (χ4v) is 1.71. The molecule has 0 amide bonds. The summed E-state index contributed by atoms with van der Waals surface area (Å²) in [6.07, 6.45) is 0. The predicted molar refractivity (Wildman–Crippen MR) is 75.8 cm³/mol. The van der Waals surface area contributed by atoms with Crippen molar-refractivity contribution in [2.75, 3.05) is 36.9 Å². The first-order chi connectivity index (χ1) is 9.67. The fraction of sp³-hybridized carbons (Fsp3) is 0.500. The molecule has 20 heavy (non-hydrogen) atoms. The number of aliphatic hydroxyl groups is 2. The number of nitrogens with one attached hydrogen (secondary N) is 2. The Hall–Kier alpha value is -2.06. The van der Waals surface area contributed by atoms with Crippen LogP contribution in [0, 0.1) is 13.8 Å². The highest BCUT2D eigenvalue weighted by Crippen LogP contribution is 2.23. The van der Waals surface area contributed by atoms with Crippen molar-refractivity contribution in [2.45, 2.75) is 13.8 Å². The molecule has 4 N–H and O–H groups in total. The van der Waals surface area contributed by atoms with Crippen LogP contribution < -0.4 is 10.6 Å². The van der Waals surface area contributed by atoms with Gasteiger partial charge in [-0.2, -0.15) is 0 Å². The van der Waals surface area contributed by atoms with E-state index in [9.17, 15) is 0 Å². The highest BCUT2D eigenvalue weighted by atomic mass is 16.3. The molecule has 2 aromatic rings. The van der Waals surface area contributed by atoms with E-state index in [4.69, 9.17) is 10.2 Å². The molecule has 0 aromatic carbocycles. The van der Waals surface area contributed by atoms with Gasteiger partial charge in [0.2, 0.25) is 0 Å². The summed E-state index contributed by atoms with van der Waals surface area (Å²) in [4.78, 5) is 8.97. The first-order valence-corrected chi connectivity index (χ1v) is 6.38. The van der Waals surface area contributed by atoms with Crippen molar-refractivity contribution in [3.63, 3.8) is 0 Å². The van der Waals surface area contributed by atoms with Crippen molar-refractivity contribution in [2.24, 2.45) is 0 Å². The number of aliphatic hydroxyl groups excluding tert-OH is 2. The molecule has 0 aliphatic heterocycles. The molecule has 0 spiro atoms. The number of rotatable bonds is 6. The molecular formula is C12H18N6O2. The summed E-state index contributed by atoms with van der Waals surface area (Å²) in [6.45, 7) is 4.46. The molecule has 0 atom stereocenters. The van der Waals surface area contributed by atoms with Gasteiger partial charge in [0.05, 0.1) is 24.6 Å².